The summed E-state index contributed by atoms with van der Waals surface area (Å²) >= 11 is 0.986. The highest BCUT2D eigenvalue weighted by Gasteiger charge is 2.23. The van der Waals surface area contributed by atoms with Crippen molar-refractivity contribution in [3.05, 3.63) is 56.5 Å². The zero-order valence-corrected chi connectivity index (χ0v) is 18.8. The maximum absolute atomic E-state index is 12.7. The summed E-state index contributed by atoms with van der Waals surface area (Å²) in [7, 11) is 0. The average molecular weight is 457 g/mol. The van der Waals surface area contributed by atoms with Crippen LogP contribution in [-0.4, -0.2) is 33.8 Å². The van der Waals surface area contributed by atoms with Crippen LogP contribution in [0.3, 0.4) is 0 Å². The maximum Gasteiger partial charge on any atom is 0.352 e. The van der Waals surface area contributed by atoms with Crippen molar-refractivity contribution in [1.82, 2.24) is 4.57 Å². The Hall–Kier alpha value is -3.68. The van der Waals surface area contributed by atoms with E-state index < -0.39 is 17.5 Å². The van der Waals surface area contributed by atoms with E-state index in [9.17, 15) is 24.8 Å². The number of carbonyl (C=O) groups excluding carboxylic acids is 2. The Balaban J connectivity index is 2.42. The van der Waals surface area contributed by atoms with Crippen LogP contribution < -0.4 is 25.4 Å². The van der Waals surface area contributed by atoms with Gasteiger partial charge in [0.25, 0.3) is 11.5 Å². The maximum atomic E-state index is 12.7. The number of benzene rings is 1. The molecule has 1 aromatic carbocycles. The van der Waals surface area contributed by atoms with E-state index in [0.29, 0.717) is 11.4 Å². The number of amides is 1. The van der Waals surface area contributed by atoms with Gasteiger partial charge in [0.1, 0.15) is 27.5 Å². The lowest BCUT2D eigenvalue weighted by Gasteiger charge is -2.16. The van der Waals surface area contributed by atoms with Crippen LogP contribution in [-0.2, 0) is 20.9 Å². The average Bonchev–Trinajstić information content (AvgIpc) is 3.05. The molecule has 0 fully saturated rings. The van der Waals surface area contributed by atoms with E-state index in [0.717, 1.165) is 11.3 Å². The standard InChI is InChI=1S/C22H24N4O5S/c1-5-10-31-20(28)16(12-23)19-26(6-2)18(27)17(32-19)13-24-14-8-7-9-15(11-14)25-21(29)22(3,4)30/h5,7-9,11,13,24,30H,1,6,10H2,2-4H3,(H,25,29). The Morgan fingerprint density at radius 2 is 2.06 bits per heavy atom. The molecule has 0 aliphatic rings. The third-order valence-electron chi connectivity index (χ3n) is 4.13. The summed E-state index contributed by atoms with van der Waals surface area (Å²) in [6.07, 6.45) is 2.85. The highest BCUT2D eigenvalue weighted by Crippen LogP contribution is 2.16. The van der Waals surface area contributed by atoms with E-state index in [-0.39, 0.29) is 33.5 Å². The molecule has 1 aromatic heterocycles. The lowest BCUT2D eigenvalue weighted by atomic mass is 10.1. The molecule has 1 amide bonds. The first-order valence-electron chi connectivity index (χ1n) is 9.65. The molecule has 3 N–H and O–H groups in total. The van der Waals surface area contributed by atoms with Crippen molar-refractivity contribution >= 4 is 46.4 Å². The van der Waals surface area contributed by atoms with Gasteiger partial charge in [-0.3, -0.25) is 14.2 Å². The van der Waals surface area contributed by atoms with Gasteiger partial charge in [-0.2, -0.15) is 5.26 Å². The van der Waals surface area contributed by atoms with Gasteiger partial charge in [0.05, 0.1) is 0 Å². The smallest absolute Gasteiger partial charge is 0.352 e. The van der Waals surface area contributed by atoms with Crippen LogP contribution in [0.1, 0.15) is 20.8 Å². The van der Waals surface area contributed by atoms with E-state index in [4.69, 9.17) is 4.74 Å². The summed E-state index contributed by atoms with van der Waals surface area (Å²) in [5.74, 6) is -1.39. The van der Waals surface area contributed by atoms with Crippen LogP contribution in [0.25, 0.3) is 11.8 Å². The van der Waals surface area contributed by atoms with Crippen molar-refractivity contribution in [2.24, 2.45) is 0 Å². The van der Waals surface area contributed by atoms with Crippen LogP contribution in [0.4, 0.5) is 11.4 Å². The first-order valence-corrected chi connectivity index (χ1v) is 10.5. The second-order valence-electron chi connectivity index (χ2n) is 7.08. The number of rotatable bonds is 8. The minimum absolute atomic E-state index is 0.0490. The Morgan fingerprint density at radius 3 is 2.66 bits per heavy atom. The van der Waals surface area contributed by atoms with Crippen molar-refractivity contribution in [2.75, 3.05) is 17.2 Å². The van der Waals surface area contributed by atoms with E-state index in [1.807, 2.05) is 6.07 Å². The molecule has 32 heavy (non-hydrogen) atoms. The molecule has 0 spiro atoms. The van der Waals surface area contributed by atoms with Gasteiger partial charge in [-0.15, -0.1) is 11.3 Å². The van der Waals surface area contributed by atoms with E-state index in [2.05, 4.69) is 17.2 Å². The largest absolute Gasteiger partial charge is 0.457 e. The zero-order chi connectivity index (χ0) is 23.9. The SMILES string of the molecule is C=CCOC(=O)C(C#N)=c1sc(=CNc2cccc(NC(=O)C(C)(C)O)c2)c(=O)n1CC. The molecule has 2 rings (SSSR count). The Morgan fingerprint density at radius 1 is 1.38 bits per heavy atom. The molecule has 0 saturated carbocycles. The number of nitrogens with one attached hydrogen (secondary N) is 2. The predicted molar refractivity (Wildman–Crippen MR) is 123 cm³/mol. The van der Waals surface area contributed by atoms with Crippen LogP contribution in [0, 0.1) is 11.3 Å². The molecule has 9 nitrogen and oxygen atoms in total. The second kappa shape index (κ2) is 10.6. The number of hydrogen-bond donors (Lipinski definition) is 3. The fourth-order valence-electron chi connectivity index (χ4n) is 2.50. The molecule has 2 aromatic rings. The topological polar surface area (TPSA) is 133 Å². The van der Waals surface area contributed by atoms with E-state index in [1.165, 1.54) is 30.7 Å². The summed E-state index contributed by atoms with van der Waals surface area (Å²) in [4.78, 5) is 36.9. The summed E-state index contributed by atoms with van der Waals surface area (Å²) in [6.45, 7) is 8.16. The molecular weight excluding hydrogens is 432 g/mol. The molecule has 0 atom stereocenters. The molecule has 0 radical (unpaired) electrons. The fraction of sp³-hybridized carbons (Fsp3) is 0.273. The van der Waals surface area contributed by atoms with Gasteiger partial charge in [0.2, 0.25) is 0 Å². The molecule has 0 aliphatic heterocycles. The van der Waals surface area contributed by atoms with Crippen molar-refractivity contribution in [3.63, 3.8) is 0 Å². The van der Waals surface area contributed by atoms with Gasteiger partial charge >= 0.3 is 5.97 Å². The number of nitrogens with zero attached hydrogens (tertiary/aromatic N) is 2. The summed E-state index contributed by atoms with van der Waals surface area (Å²) in [5.41, 5.74) is -1.12. The first kappa shape index (κ1) is 24.6. The molecule has 0 saturated heterocycles. The third kappa shape index (κ3) is 5.94. The number of hydrogen-bond acceptors (Lipinski definition) is 8. The van der Waals surface area contributed by atoms with Crippen molar-refractivity contribution in [2.45, 2.75) is 32.9 Å². The first-order chi connectivity index (χ1) is 15.1. The molecule has 0 bridgehead atoms. The van der Waals surface area contributed by atoms with E-state index in [1.54, 1.807) is 31.2 Å². The number of thiazole rings is 1. The van der Waals surface area contributed by atoms with Crippen LogP contribution in [0.15, 0.2) is 41.7 Å². The number of esters is 1. The minimum Gasteiger partial charge on any atom is -0.457 e. The summed E-state index contributed by atoms with van der Waals surface area (Å²) in [5, 5.41) is 24.8. The zero-order valence-electron chi connectivity index (χ0n) is 18.0. The molecule has 10 heteroatoms. The highest BCUT2D eigenvalue weighted by molar-refractivity contribution is 7.07. The van der Waals surface area contributed by atoms with Gasteiger partial charge in [-0.05, 0) is 39.0 Å². The third-order valence-corrected chi connectivity index (χ3v) is 5.26. The van der Waals surface area contributed by atoms with Crippen molar-refractivity contribution in [3.8, 4) is 6.07 Å². The van der Waals surface area contributed by atoms with E-state index >= 15 is 0 Å². The highest BCUT2D eigenvalue weighted by atomic mass is 32.1. The Labute approximate surface area is 188 Å². The van der Waals surface area contributed by atoms with Crippen LogP contribution >= 0.6 is 11.3 Å². The molecule has 1 heterocycles. The molecule has 0 aliphatic carbocycles. The second-order valence-corrected chi connectivity index (χ2v) is 8.11. The van der Waals surface area contributed by atoms with Crippen LogP contribution in [0.5, 0.6) is 0 Å². The summed E-state index contributed by atoms with van der Waals surface area (Å²) < 4.78 is 6.74. The monoisotopic (exact) mass is 456 g/mol. The normalized spacial score (nSPS) is 12.5. The van der Waals surface area contributed by atoms with Gasteiger partial charge in [-0.1, -0.05) is 18.7 Å². The lowest BCUT2D eigenvalue weighted by molar-refractivity contribution is -0.135. The molecule has 168 valence electrons. The number of aliphatic hydroxyl groups is 1. The van der Waals surface area contributed by atoms with Crippen LogP contribution in [0.2, 0.25) is 0 Å². The van der Waals surface area contributed by atoms with Gasteiger partial charge < -0.3 is 20.5 Å². The number of ether oxygens (including phenoxy) is 1. The number of nitriles is 1. The predicted octanol–water partition coefficient (Wildman–Crippen LogP) is 0.893. The minimum atomic E-state index is -1.53. The lowest BCUT2D eigenvalue weighted by Crippen LogP contribution is -2.36. The molecule has 0 unspecified atom stereocenters. The molecular formula is C22H24N4O5S. The Bertz CT molecular complexity index is 1240. The van der Waals surface area contributed by atoms with Gasteiger partial charge in [0, 0.05) is 24.1 Å². The van der Waals surface area contributed by atoms with Crippen molar-refractivity contribution in [1.29, 1.82) is 5.26 Å². The van der Waals surface area contributed by atoms with Crippen molar-refractivity contribution < 1.29 is 19.4 Å². The number of anilines is 2. The number of aromatic nitrogens is 1. The Kier molecular flexibility index (Phi) is 8.12. The van der Waals surface area contributed by atoms with Gasteiger partial charge in [-0.25, -0.2) is 4.79 Å². The quantitative estimate of drug-likeness (QED) is 0.397. The van der Waals surface area contributed by atoms with Gasteiger partial charge in [0.15, 0.2) is 5.57 Å². The summed E-state index contributed by atoms with van der Waals surface area (Å²) in [6, 6.07) is 8.52. The fourth-order valence-corrected chi connectivity index (χ4v) is 3.58. The number of carbonyl (C=O) groups is 2.